The first-order valence-corrected chi connectivity index (χ1v) is 10.6. The molecule has 4 saturated carbocycles. The molecule has 130 valence electrons. The molecule has 2 nitrogen and oxygen atoms in total. The summed E-state index contributed by atoms with van der Waals surface area (Å²) in [5, 5.41) is 10.1. The van der Waals surface area contributed by atoms with Crippen LogP contribution in [0.2, 0.25) is 0 Å². The normalized spacial score (nSPS) is 58.9. The van der Waals surface area contributed by atoms with Gasteiger partial charge in [-0.3, -0.25) is 0 Å². The lowest BCUT2D eigenvalue weighted by atomic mass is 9.45. The molecule has 0 bridgehead atoms. The lowest BCUT2D eigenvalue weighted by Gasteiger charge is -2.60. The highest BCUT2D eigenvalue weighted by molar-refractivity contribution is 9.09. The number of alkyl halides is 1. The first-order chi connectivity index (χ1) is 10.9. The van der Waals surface area contributed by atoms with Crippen molar-refractivity contribution in [3.8, 4) is 0 Å². The molecular weight excluding hydrogens is 352 g/mol. The second-order valence-corrected chi connectivity index (χ2v) is 10.7. The van der Waals surface area contributed by atoms with Gasteiger partial charge < -0.3 is 9.90 Å². The minimum atomic E-state index is -0.0590. The molecule has 4 rings (SSSR count). The largest absolute Gasteiger partial charge is 0.393 e. The molecule has 0 saturated heterocycles. The lowest BCUT2D eigenvalue weighted by Crippen LogP contribution is -2.54. The third-order valence-corrected chi connectivity index (χ3v) is 9.80. The summed E-state index contributed by atoms with van der Waals surface area (Å²) in [4.78, 5) is 12.1. The quantitative estimate of drug-likeness (QED) is 0.532. The van der Waals surface area contributed by atoms with E-state index in [0.717, 1.165) is 30.6 Å². The Morgan fingerprint density at radius 3 is 2.48 bits per heavy atom. The molecule has 23 heavy (non-hydrogen) atoms. The smallest absolute Gasteiger partial charge is 0.124 e. The Hall–Kier alpha value is 0.110. The Morgan fingerprint density at radius 2 is 1.74 bits per heavy atom. The van der Waals surface area contributed by atoms with Gasteiger partial charge >= 0.3 is 0 Å². The van der Waals surface area contributed by atoms with Crippen molar-refractivity contribution in [2.45, 2.75) is 76.1 Å². The lowest BCUT2D eigenvalue weighted by molar-refractivity contribution is -0.133. The summed E-state index contributed by atoms with van der Waals surface area (Å²) in [5.74, 6) is 3.25. The number of carbonyl (C=O) groups excluding carboxylic acids is 1. The third-order valence-electron chi connectivity index (χ3n) is 8.85. The van der Waals surface area contributed by atoms with E-state index in [1.165, 1.54) is 44.8 Å². The summed E-state index contributed by atoms with van der Waals surface area (Å²) in [6.07, 6.45) is 10.7. The SMILES string of the molecule is C[C@]12CC[C@H](O)C[C@@H]1CC[C@@H]1[C@@H]2CC[C@]2(C)C(C=O)[C@H](Br)C[C@@H]12. The van der Waals surface area contributed by atoms with Crippen LogP contribution in [-0.2, 0) is 4.79 Å². The molecule has 4 fully saturated rings. The zero-order chi connectivity index (χ0) is 16.4. The van der Waals surface area contributed by atoms with E-state index < -0.39 is 0 Å². The number of aliphatic hydroxyl groups is 1. The van der Waals surface area contributed by atoms with Crippen LogP contribution in [0.25, 0.3) is 0 Å². The first kappa shape index (κ1) is 16.6. The number of hydrogen-bond acceptors (Lipinski definition) is 2. The fourth-order valence-corrected chi connectivity index (χ4v) is 8.62. The third kappa shape index (κ3) is 2.25. The van der Waals surface area contributed by atoms with Crippen LogP contribution in [0.5, 0.6) is 0 Å². The molecule has 0 aromatic heterocycles. The van der Waals surface area contributed by atoms with E-state index in [-0.39, 0.29) is 17.4 Å². The predicted octanol–water partition coefficient (Wildman–Crippen LogP) is 4.58. The van der Waals surface area contributed by atoms with Crippen LogP contribution >= 0.6 is 15.9 Å². The molecule has 4 aliphatic carbocycles. The van der Waals surface area contributed by atoms with Gasteiger partial charge in [0.25, 0.3) is 0 Å². The number of aliphatic hydroxyl groups excluding tert-OH is 1. The summed E-state index contributed by atoms with van der Waals surface area (Å²) in [5.41, 5.74) is 0.652. The van der Waals surface area contributed by atoms with Gasteiger partial charge in [0.2, 0.25) is 0 Å². The number of aldehydes is 1. The topological polar surface area (TPSA) is 37.3 Å². The average Bonchev–Trinajstić information content (AvgIpc) is 2.77. The average molecular weight is 383 g/mol. The van der Waals surface area contributed by atoms with E-state index in [4.69, 9.17) is 0 Å². The van der Waals surface area contributed by atoms with Crippen LogP contribution in [0.4, 0.5) is 0 Å². The van der Waals surface area contributed by atoms with Crippen molar-refractivity contribution >= 4 is 22.2 Å². The summed E-state index contributed by atoms with van der Waals surface area (Å²) in [6.45, 7) is 4.92. The zero-order valence-electron chi connectivity index (χ0n) is 14.5. The molecule has 0 aromatic carbocycles. The fourth-order valence-electron chi connectivity index (χ4n) is 7.48. The van der Waals surface area contributed by atoms with Gasteiger partial charge in [0.15, 0.2) is 0 Å². The summed E-state index contributed by atoms with van der Waals surface area (Å²) in [6, 6.07) is 0. The highest BCUT2D eigenvalue weighted by atomic mass is 79.9. The molecular formula is C20H31BrO2. The molecule has 1 N–H and O–H groups in total. The number of carbonyl (C=O) groups is 1. The van der Waals surface area contributed by atoms with Crippen LogP contribution < -0.4 is 0 Å². The van der Waals surface area contributed by atoms with Gasteiger partial charge in [-0.2, -0.15) is 0 Å². The Kier molecular flexibility index (Phi) is 4.00. The number of halogens is 1. The van der Waals surface area contributed by atoms with Gasteiger partial charge in [0, 0.05) is 10.7 Å². The highest BCUT2D eigenvalue weighted by Gasteiger charge is 2.61. The summed E-state index contributed by atoms with van der Waals surface area (Å²) >= 11 is 3.83. The molecule has 0 aliphatic heterocycles. The van der Waals surface area contributed by atoms with Gasteiger partial charge in [-0.1, -0.05) is 29.8 Å². The zero-order valence-corrected chi connectivity index (χ0v) is 16.1. The van der Waals surface area contributed by atoms with Gasteiger partial charge in [-0.25, -0.2) is 0 Å². The van der Waals surface area contributed by atoms with E-state index in [2.05, 4.69) is 29.8 Å². The molecule has 0 amide bonds. The maximum absolute atomic E-state index is 11.7. The van der Waals surface area contributed by atoms with Crippen LogP contribution in [0.3, 0.4) is 0 Å². The van der Waals surface area contributed by atoms with Crippen LogP contribution in [-0.4, -0.2) is 22.3 Å². The summed E-state index contributed by atoms with van der Waals surface area (Å²) in [7, 11) is 0. The Balaban J connectivity index is 1.63. The molecule has 0 radical (unpaired) electrons. The minimum Gasteiger partial charge on any atom is -0.393 e. The monoisotopic (exact) mass is 382 g/mol. The molecule has 0 aromatic rings. The van der Waals surface area contributed by atoms with Crippen LogP contribution in [0.1, 0.15) is 65.2 Å². The van der Waals surface area contributed by atoms with E-state index >= 15 is 0 Å². The maximum atomic E-state index is 11.7. The van der Waals surface area contributed by atoms with Gasteiger partial charge in [-0.15, -0.1) is 0 Å². The van der Waals surface area contributed by atoms with E-state index in [1.807, 2.05) is 0 Å². The van der Waals surface area contributed by atoms with Crippen LogP contribution in [0.15, 0.2) is 0 Å². The molecule has 4 aliphatic rings. The molecule has 0 heterocycles. The fraction of sp³-hybridized carbons (Fsp3) is 0.950. The second kappa shape index (κ2) is 5.56. The van der Waals surface area contributed by atoms with Crippen molar-refractivity contribution < 1.29 is 9.90 Å². The van der Waals surface area contributed by atoms with E-state index in [0.29, 0.717) is 16.2 Å². The van der Waals surface area contributed by atoms with Crippen molar-refractivity contribution in [2.24, 2.45) is 40.4 Å². The Morgan fingerprint density at radius 1 is 1.00 bits per heavy atom. The first-order valence-electron chi connectivity index (χ1n) is 9.67. The number of hydrogen-bond donors (Lipinski definition) is 1. The van der Waals surface area contributed by atoms with Gasteiger partial charge in [0.05, 0.1) is 6.10 Å². The number of fused-ring (bicyclic) bond motifs is 5. The predicted molar refractivity (Wildman–Crippen MR) is 95.4 cm³/mol. The van der Waals surface area contributed by atoms with Crippen LogP contribution in [0, 0.1) is 40.4 Å². The van der Waals surface area contributed by atoms with Crippen molar-refractivity contribution in [2.75, 3.05) is 0 Å². The maximum Gasteiger partial charge on any atom is 0.124 e. The number of rotatable bonds is 1. The molecule has 1 unspecified atom stereocenters. The Labute approximate surface area is 148 Å². The highest BCUT2D eigenvalue weighted by Crippen LogP contribution is 2.67. The second-order valence-electron chi connectivity index (χ2n) is 9.54. The summed E-state index contributed by atoms with van der Waals surface area (Å²) < 4.78 is 0. The molecule has 9 atom stereocenters. The van der Waals surface area contributed by atoms with E-state index in [9.17, 15) is 9.90 Å². The molecule has 3 heteroatoms. The van der Waals surface area contributed by atoms with Gasteiger partial charge in [-0.05, 0) is 85.9 Å². The molecule has 0 spiro atoms. The van der Waals surface area contributed by atoms with Gasteiger partial charge in [0.1, 0.15) is 6.29 Å². The van der Waals surface area contributed by atoms with E-state index in [1.54, 1.807) is 0 Å². The van der Waals surface area contributed by atoms with Crippen molar-refractivity contribution in [1.82, 2.24) is 0 Å². The standard InChI is InChI=1S/C20H31BrO2/c1-19-7-5-13(23)9-12(19)3-4-14-15(19)6-8-20(2)16(14)10-18(21)17(20)11-22/h11-18,23H,3-10H2,1-2H3/t12-,13-,14+,15-,16-,17?,18+,19-,20-/m0/s1. The minimum absolute atomic E-state index is 0.0590. The van der Waals surface area contributed by atoms with Crippen molar-refractivity contribution in [3.63, 3.8) is 0 Å². The Bertz CT molecular complexity index is 494. The van der Waals surface area contributed by atoms with Crippen molar-refractivity contribution in [1.29, 1.82) is 0 Å². The van der Waals surface area contributed by atoms with Crippen molar-refractivity contribution in [3.05, 3.63) is 0 Å².